The Hall–Kier alpha value is -3.88. The minimum absolute atomic E-state index is 0.0106. The van der Waals surface area contributed by atoms with Crippen molar-refractivity contribution < 1.29 is 28.7 Å². The Kier molecular flexibility index (Phi) is 8.24. The van der Waals surface area contributed by atoms with Crippen LogP contribution < -0.4 is 15.4 Å². The average molecular weight is 468 g/mol. The number of nitrogens with zero attached hydrogens (tertiary/aromatic N) is 1. The van der Waals surface area contributed by atoms with Crippen molar-refractivity contribution in [2.24, 2.45) is 5.92 Å². The molecule has 9 nitrogen and oxygen atoms in total. The van der Waals surface area contributed by atoms with Gasteiger partial charge in [-0.2, -0.15) is 0 Å². The van der Waals surface area contributed by atoms with Crippen LogP contribution in [0.5, 0.6) is 5.75 Å². The van der Waals surface area contributed by atoms with Crippen molar-refractivity contribution in [1.82, 2.24) is 10.2 Å². The fraction of sp³-hybridized carbons (Fsp3) is 0.360. The second-order valence-electron chi connectivity index (χ2n) is 8.22. The molecule has 1 aliphatic rings. The quantitative estimate of drug-likeness (QED) is 0.455. The third kappa shape index (κ3) is 6.57. The molecule has 1 atom stereocenters. The fourth-order valence-corrected chi connectivity index (χ4v) is 3.57. The second kappa shape index (κ2) is 11.3. The molecule has 0 saturated carbocycles. The molecule has 0 aromatic heterocycles. The van der Waals surface area contributed by atoms with Gasteiger partial charge in [-0.15, -0.1) is 0 Å². The van der Waals surface area contributed by atoms with E-state index in [1.54, 1.807) is 36.1 Å². The van der Waals surface area contributed by atoms with E-state index >= 15 is 0 Å². The number of carbonyl (C=O) groups excluding carboxylic acids is 4. The summed E-state index contributed by atoms with van der Waals surface area (Å²) in [7, 11) is 0. The lowest BCUT2D eigenvalue weighted by Crippen LogP contribution is -2.35. The zero-order valence-corrected chi connectivity index (χ0v) is 19.5. The Bertz CT molecular complexity index is 1030. The molecule has 2 N–H and O–H groups in total. The van der Waals surface area contributed by atoms with Crippen molar-refractivity contribution in [1.29, 1.82) is 0 Å². The predicted molar refractivity (Wildman–Crippen MR) is 125 cm³/mol. The monoisotopic (exact) mass is 467 g/mol. The summed E-state index contributed by atoms with van der Waals surface area (Å²) in [5.41, 5.74) is 1.87. The second-order valence-corrected chi connectivity index (χ2v) is 8.22. The van der Waals surface area contributed by atoms with Crippen molar-refractivity contribution in [3.8, 4) is 5.75 Å². The molecule has 0 radical (unpaired) electrons. The lowest BCUT2D eigenvalue weighted by molar-refractivity contribution is -0.130. The van der Waals surface area contributed by atoms with Crippen LogP contribution in [0.1, 0.15) is 43.1 Å². The Morgan fingerprint density at radius 1 is 1.06 bits per heavy atom. The van der Waals surface area contributed by atoms with Gasteiger partial charge in [0, 0.05) is 36.8 Å². The number of anilines is 1. The first-order valence-electron chi connectivity index (χ1n) is 11.2. The number of carbonyl (C=O) groups is 4. The number of rotatable bonds is 8. The molecule has 1 fully saturated rings. The summed E-state index contributed by atoms with van der Waals surface area (Å²) >= 11 is 0. The van der Waals surface area contributed by atoms with Crippen LogP contribution >= 0.6 is 0 Å². The van der Waals surface area contributed by atoms with Crippen LogP contribution in [0.3, 0.4) is 0 Å². The van der Waals surface area contributed by atoms with Crippen molar-refractivity contribution >= 4 is 29.6 Å². The Morgan fingerprint density at radius 3 is 2.32 bits per heavy atom. The van der Waals surface area contributed by atoms with E-state index in [1.807, 2.05) is 26.0 Å². The molecule has 3 amide bonds. The van der Waals surface area contributed by atoms with Gasteiger partial charge >= 0.3 is 6.16 Å². The van der Waals surface area contributed by atoms with Crippen LogP contribution in [0.2, 0.25) is 0 Å². The maximum Gasteiger partial charge on any atom is 0.513 e. The summed E-state index contributed by atoms with van der Waals surface area (Å²) in [5, 5.41) is 5.68. The van der Waals surface area contributed by atoms with E-state index in [1.165, 1.54) is 12.1 Å². The first kappa shape index (κ1) is 24.8. The molecule has 1 saturated heterocycles. The van der Waals surface area contributed by atoms with E-state index in [0.717, 1.165) is 5.56 Å². The van der Waals surface area contributed by atoms with Gasteiger partial charge in [-0.1, -0.05) is 12.1 Å². The van der Waals surface area contributed by atoms with Crippen LogP contribution in [-0.2, 0) is 20.9 Å². The van der Waals surface area contributed by atoms with Crippen LogP contribution in [0, 0.1) is 5.92 Å². The zero-order chi connectivity index (χ0) is 24.7. The van der Waals surface area contributed by atoms with Gasteiger partial charge in [0.15, 0.2) is 0 Å². The van der Waals surface area contributed by atoms with Gasteiger partial charge in [-0.3, -0.25) is 14.4 Å². The van der Waals surface area contributed by atoms with Gasteiger partial charge in [0.2, 0.25) is 11.8 Å². The van der Waals surface area contributed by atoms with Gasteiger partial charge in [-0.05, 0) is 62.7 Å². The van der Waals surface area contributed by atoms with Crippen LogP contribution in [0.15, 0.2) is 48.5 Å². The molecule has 180 valence electrons. The van der Waals surface area contributed by atoms with E-state index in [4.69, 9.17) is 9.47 Å². The number of ether oxygens (including phenoxy) is 2. The maximum atomic E-state index is 12.5. The van der Waals surface area contributed by atoms with E-state index in [-0.39, 0.29) is 48.5 Å². The minimum Gasteiger partial charge on any atom is -0.434 e. The van der Waals surface area contributed by atoms with E-state index in [0.29, 0.717) is 24.3 Å². The van der Waals surface area contributed by atoms with Gasteiger partial charge in [0.1, 0.15) is 5.75 Å². The predicted octanol–water partition coefficient (Wildman–Crippen LogP) is 3.35. The van der Waals surface area contributed by atoms with Crippen LogP contribution in [-0.4, -0.2) is 48.0 Å². The molecule has 0 aliphatic carbocycles. The van der Waals surface area contributed by atoms with E-state index in [2.05, 4.69) is 10.6 Å². The number of hydrogen-bond donors (Lipinski definition) is 2. The van der Waals surface area contributed by atoms with E-state index < -0.39 is 6.16 Å². The molecule has 0 spiro atoms. The lowest BCUT2D eigenvalue weighted by Gasteiger charge is -2.20. The summed E-state index contributed by atoms with van der Waals surface area (Å²) < 4.78 is 9.68. The number of likely N-dealkylation sites (tertiary alicyclic amines) is 1. The zero-order valence-electron chi connectivity index (χ0n) is 19.5. The summed E-state index contributed by atoms with van der Waals surface area (Å²) in [6, 6.07) is 13.3. The first-order chi connectivity index (χ1) is 16.3. The highest BCUT2D eigenvalue weighted by Gasteiger charge is 2.35. The summed E-state index contributed by atoms with van der Waals surface area (Å²) in [6.07, 6.45) is -0.560. The number of benzene rings is 2. The van der Waals surface area contributed by atoms with Gasteiger partial charge in [-0.25, -0.2) is 4.79 Å². The highest BCUT2D eigenvalue weighted by molar-refractivity contribution is 6.04. The first-order valence-corrected chi connectivity index (χ1v) is 11.2. The molecule has 1 unspecified atom stereocenters. The van der Waals surface area contributed by atoms with Gasteiger partial charge in [0.25, 0.3) is 5.91 Å². The van der Waals surface area contributed by atoms with E-state index in [9.17, 15) is 19.2 Å². The van der Waals surface area contributed by atoms with Crippen molar-refractivity contribution in [3.05, 3.63) is 59.7 Å². The SMILES string of the molecule is CCOC(=O)Oc1ccc(C(=O)Nc2ccc(CNC(=O)C3CC(=O)N(C(C)C)C3)cc2)cc1. The largest absolute Gasteiger partial charge is 0.513 e. The number of hydrogen-bond acceptors (Lipinski definition) is 6. The highest BCUT2D eigenvalue weighted by atomic mass is 16.7. The molecular formula is C25H29N3O6. The van der Waals surface area contributed by atoms with Crippen LogP contribution in [0.25, 0.3) is 0 Å². The molecule has 34 heavy (non-hydrogen) atoms. The molecule has 3 rings (SSSR count). The third-order valence-electron chi connectivity index (χ3n) is 5.41. The molecule has 2 aromatic carbocycles. The topological polar surface area (TPSA) is 114 Å². The third-order valence-corrected chi connectivity index (χ3v) is 5.41. The molecule has 1 aliphatic heterocycles. The molecule has 9 heteroatoms. The minimum atomic E-state index is -0.801. The van der Waals surface area contributed by atoms with Crippen molar-refractivity contribution in [3.63, 3.8) is 0 Å². The fourth-order valence-electron chi connectivity index (χ4n) is 3.57. The Morgan fingerprint density at radius 2 is 1.74 bits per heavy atom. The maximum absolute atomic E-state index is 12.5. The molecule has 1 heterocycles. The summed E-state index contributed by atoms with van der Waals surface area (Å²) in [5.74, 6) is -0.493. The van der Waals surface area contributed by atoms with Gasteiger partial charge < -0.3 is 25.0 Å². The normalized spacial score (nSPS) is 15.2. The smallest absolute Gasteiger partial charge is 0.434 e. The van der Waals surface area contributed by atoms with Crippen molar-refractivity contribution in [2.45, 2.75) is 39.8 Å². The molecular weight excluding hydrogens is 438 g/mol. The lowest BCUT2D eigenvalue weighted by atomic mass is 10.1. The van der Waals surface area contributed by atoms with Gasteiger partial charge in [0.05, 0.1) is 12.5 Å². The van der Waals surface area contributed by atoms with Crippen LogP contribution in [0.4, 0.5) is 10.5 Å². The average Bonchev–Trinajstić information content (AvgIpc) is 3.21. The molecule has 0 bridgehead atoms. The Balaban J connectivity index is 1.48. The number of nitrogens with one attached hydrogen (secondary N) is 2. The Labute approximate surface area is 198 Å². The highest BCUT2D eigenvalue weighted by Crippen LogP contribution is 2.20. The molecule has 2 aromatic rings. The standard InChI is InChI=1S/C25H29N3O6/c1-4-33-25(32)34-21-11-7-18(8-12-21)24(31)27-20-9-5-17(6-10-20)14-26-23(30)19-13-22(29)28(15-19)16(2)3/h5-12,16,19H,4,13-15H2,1-3H3,(H,26,30)(H,27,31). The van der Waals surface area contributed by atoms with Crippen molar-refractivity contribution in [2.75, 3.05) is 18.5 Å². The summed E-state index contributed by atoms with van der Waals surface area (Å²) in [6.45, 7) is 6.55. The summed E-state index contributed by atoms with van der Waals surface area (Å²) in [4.78, 5) is 50.0. The number of amides is 3.